The molecule has 1 amide bonds. The highest BCUT2D eigenvalue weighted by molar-refractivity contribution is 7.89. The van der Waals surface area contributed by atoms with Crippen molar-refractivity contribution in [2.45, 2.75) is 61.9 Å². The highest BCUT2D eigenvalue weighted by Gasteiger charge is 2.40. The molecule has 3 saturated heterocycles. The third-order valence-corrected chi connectivity index (χ3v) is 8.38. The Hall–Kier alpha value is -1.44. The number of nitrogens with zero attached hydrogens (tertiary/aromatic N) is 3. The van der Waals surface area contributed by atoms with Crippen molar-refractivity contribution in [2.24, 2.45) is 0 Å². The molecule has 2 unspecified atom stereocenters. The van der Waals surface area contributed by atoms with Crippen molar-refractivity contribution in [1.82, 2.24) is 14.1 Å². The van der Waals surface area contributed by atoms with Crippen LogP contribution in [0.1, 0.15) is 44.9 Å². The average molecular weight is 406 g/mol. The minimum absolute atomic E-state index is 0.00287. The quantitative estimate of drug-likeness (QED) is 0.771. The van der Waals surface area contributed by atoms with Crippen LogP contribution in [0.4, 0.5) is 0 Å². The van der Waals surface area contributed by atoms with Crippen LogP contribution in [-0.4, -0.2) is 73.2 Å². The lowest BCUT2D eigenvalue weighted by Crippen LogP contribution is -2.56. The molecule has 6 nitrogen and oxygen atoms in total. The summed E-state index contributed by atoms with van der Waals surface area (Å²) >= 11 is 0. The molecule has 7 heteroatoms. The van der Waals surface area contributed by atoms with E-state index in [1.54, 1.807) is 24.3 Å². The number of piperidine rings is 2. The fraction of sp³-hybridized carbons (Fsp3) is 0.667. The van der Waals surface area contributed by atoms with Gasteiger partial charge in [-0.2, -0.15) is 4.31 Å². The van der Waals surface area contributed by atoms with Gasteiger partial charge in [-0.3, -0.25) is 9.69 Å². The number of likely N-dealkylation sites (tertiary alicyclic amines) is 2. The van der Waals surface area contributed by atoms with E-state index in [0.717, 1.165) is 51.9 Å². The summed E-state index contributed by atoms with van der Waals surface area (Å²) in [6, 6.07) is 8.40. The van der Waals surface area contributed by atoms with Crippen molar-refractivity contribution in [1.29, 1.82) is 0 Å². The Morgan fingerprint density at radius 2 is 1.57 bits per heavy atom. The molecule has 154 valence electrons. The van der Waals surface area contributed by atoms with Gasteiger partial charge in [-0.25, -0.2) is 8.42 Å². The smallest absolute Gasteiger partial charge is 0.243 e. The molecule has 3 fully saturated rings. The molecule has 0 radical (unpaired) electrons. The molecule has 3 aliphatic rings. The molecular weight excluding hydrogens is 374 g/mol. The molecule has 0 aromatic heterocycles. The van der Waals surface area contributed by atoms with E-state index in [1.165, 1.54) is 17.1 Å². The average Bonchev–Trinajstić information content (AvgIpc) is 3.29. The number of sulfonamides is 1. The predicted octanol–water partition coefficient (Wildman–Crippen LogP) is 2.32. The minimum atomic E-state index is -3.65. The van der Waals surface area contributed by atoms with Crippen LogP contribution in [0.25, 0.3) is 0 Å². The van der Waals surface area contributed by atoms with Gasteiger partial charge in [0.1, 0.15) is 6.04 Å². The van der Waals surface area contributed by atoms with Gasteiger partial charge in [0.2, 0.25) is 15.9 Å². The summed E-state index contributed by atoms with van der Waals surface area (Å²) in [7, 11) is -3.65. The Kier molecular flexibility index (Phi) is 6.04. The number of hydrogen-bond donors (Lipinski definition) is 0. The van der Waals surface area contributed by atoms with Gasteiger partial charge >= 0.3 is 0 Å². The molecule has 1 aromatic carbocycles. The van der Waals surface area contributed by atoms with E-state index < -0.39 is 16.1 Å². The van der Waals surface area contributed by atoms with Crippen molar-refractivity contribution in [3.8, 4) is 0 Å². The third kappa shape index (κ3) is 3.98. The largest absolute Gasteiger partial charge is 0.340 e. The topological polar surface area (TPSA) is 60.9 Å². The summed E-state index contributed by atoms with van der Waals surface area (Å²) in [6.07, 6.45) is 6.97. The zero-order valence-corrected chi connectivity index (χ0v) is 17.3. The molecule has 3 aliphatic heterocycles. The lowest BCUT2D eigenvalue weighted by atomic mass is 10.00. The van der Waals surface area contributed by atoms with Crippen molar-refractivity contribution in [3.63, 3.8) is 0 Å². The van der Waals surface area contributed by atoms with Crippen LogP contribution in [0.5, 0.6) is 0 Å². The van der Waals surface area contributed by atoms with Crippen LogP contribution in [0.2, 0.25) is 0 Å². The van der Waals surface area contributed by atoms with E-state index in [9.17, 15) is 13.2 Å². The molecule has 4 rings (SSSR count). The number of rotatable bonds is 4. The lowest BCUT2D eigenvalue weighted by Gasteiger charge is -2.41. The molecule has 28 heavy (non-hydrogen) atoms. The molecular formula is C21H31N3O3S. The molecule has 0 spiro atoms. The van der Waals surface area contributed by atoms with Gasteiger partial charge < -0.3 is 4.90 Å². The second kappa shape index (κ2) is 8.51. The van der Waals surface area contributed by atoms with Crippen LogP contribution in [0, 0.1) is 0 Å². The normalized spacial score (nSPS) is 27.8. The van der Waals surface area contributed by atoms with Gasteiger partial charge in [0.15, 0.2) is 0 Å². The fourth-order valence-corrected chi connectivity index (χ4v) is 6.61. The van der Waals surface area contributed by atoms with Crippen LogP contribution < -0.4 is 0 Å². The molecule has 2 atom stereocenters. The van der Waals surface area contributed by atoms with E-state index in [2.05, 4.69) is 4.90 Å². The summed E-state index contributed by atoms with van der Waals surface area (Å²) in [5, 5.41) is 0. The Labute approximate surface area is 168 Å². The summed E-state index contributed by atoms with van der Waals surface area (Å²) in [5.74, 6) is 0.00287. The summed E-state index contributed by atoms with van der Waals surface area (Å²) in [5.41, 5.74) is 0. The number of amides is 1. The predicted molar refractivity (Wildman–Crippen MR) is 108 cm³/mol. The first-order chi connectivity index (χ1) is 13.6. The molecule has 1 aromatic rings. The summed E-state index contributed by atoms with van der Waals surface area (Å²) < 4.78 is 27.9. The third-order valence-electron chi connectivity index (χ3n) is 6.45. The van der Waals surface area contributed by atoms with Gasteiger partial charge in [-0.15, -0.1) is 0 Å². The van der Waals surface area contributed by atoms with Crippen molar-refractivity contribution >= 4 is 15.9 Å². The number of carbonyl (C=O) groups is 1. The van der Waals surface area contributed by atoms with Crippen molar-refractivity contribution < 1.29 is 13.2 Å². The van der Waals surface area contributed by atoms with E-state index in [1.807, 2.05) is 11.0 Å². The maximum absolute atomic E-state index is 13.4. The monoisotopic (exact) mass is 405 g/mol. The van der Waals surface area contributed by atoms with Crippen LogP contribution in [0.15, 0.2) is 35.2 Å². The Balaban J connectivity index is 1.51. The van der Waals surface area contributed by atoms with Crippen LogP contribution >= 0.6 is 0 Å². The Bertz CT molecular complexity index is 777. The number of hydrogen-bond acceptors (Lipinski definition) is 4. The number of benzene rings is 1. The van der Waals surface area contributed by atoms with E-state index >= 15 is 0 Å². The van der Waals surface area contributed by atoms with Gasteiger partial charge in [-0.1, -0.05) is 24.6 Å². The van der Waals surface area contributed by atoms with Crippen molar-refractivity contribution in [2.75, 3.05) is 32.7 Å². The SMILES string of the molecule is O=C(C1CCCCN1S(=O)(=O)c1ccccc1)N1CCCC(N2CCCC2)C1. The van der Waals surface area contributed by atoms with Gasteiger partial charge in [0.25, 0.3) is 0 Å². The van der Waals surface area contributed by atoms with E-state index in [-0.39, 0.29) is 10.8 Å². The second-order valence-electron chi connectivity index (χ2n) is 8.26. The minimum Gasteiger partial charge on any atom is -0.340 e. The molecule has 0 N–H and O–H groups in total. The lowest BCUT2D eigenvalue weighted by molar-refractivity contribution is -0.138. The van der Waals surface area contributed by atoms with Crippen molar-refractivity contribution in [3.05, 3.63) is 30.3 Å². The zero-order chi connectivity index (χ0) is 19.6. The van der Waals surface area contributed by atoms with E-state index in [4.69, 9.17) is 0 Å². The molecule has 0 bridgehead atoms. The van der Waals surface area contributed by atoms with Crippen LogP contribution in [0.3, 0.4) is 0 Å². The highest BCUT2D eigenvalue weighted by atomic mass is 32.2. The van der Waals surface area contributed by atoms with Gasteiger partial charge in [0, 0.05) is 25.7 Å². The summed E-state index contributed by atoms with van der Waals surface area (Å²) in [6.45, 7) is 4.18. The first-order valence-corrected chi connectivity index (χ1v) is 12.1. The zero-order valence-electron chi connectivity index (χ0n) is 16.5. The van der Waals surface area contributed by atoms with Crippen LogP contribution in [-0.2, 0) is 14.8 Å². The first kappa shape index (κ1) is 19.9. The Morgan fingerprint density at radius 1 is 0.857 bits per heavy atom. The van der Waals surface area contributed by atoms with Gasteiger partial charge in [0.05, 0.1) is 4.90 Å². The number of carbonyl (C=O) groups excluding carboxylic acids is 1. The molecule has 0 saturated carbocycles. The standard InChI is InChI=1S/C21H31N3O3S/c25-21(23-15-8-9-18(17-23)22-13-6-7-14-22)20-12-4-5-16-24(20)28(26,27)19-10-2-1-3-11-19/h1-3,10-11,18,20H,4-9,12-17H2. The fourth-order valence-electron chi connectivity index (χ4n) is 4.94. The summed E-state index contributed by atoms with van der Waals surface area (Å²) in [4.78, 5) is 18.1. The molecule has 0 aliphatic carbocycles. The molecule has 3 heterocycles. The Morgan fingerprint density at radius 3 is 2.32 bits per heavy atom. The van der Waals surface area contributed by atoms with Gasteiger partial charge in [-0.05, 0) is 63.7 Å². The maximum atomic E-state index is 13.4. The first-order valence-electron chi connectivity index (χ1n) is 10.7. The second-order valence-corrected chi connectivity index (χ2v) is 10.2. The maximum Gasteiger partial charge on any atom is 0.243 e. The highest BCUT2D eigenvalue weighted by Crippen LogP contribution is 2.28. The van der Waals surface area contributed by atoms with E-state index in [0.29, 0.717) is 19.0 Å².